The molecule has 0 aromatic carbocycles. The predicted molar refractivity (Wildman–Crippen MR) is 59.2 cm³/mol. The van der Waals surface area contributed by atoms with E-state index in [1.165, 1.54) is 0 Å². The van der Waals surface area contributed by atoms with Gasteiger partial charge in [0, 0.05) is 16.6 Å². The smallest absolute Gasteiger partial charge is 0.337 e. The molecule has 0 aliphatic heterocycles. The Hall–Kier alpha value is -1.68. The largest absolute Gasteiger partial charge is 0.478 e. The van der Waals surface area contributed by atoms with Gasteiger partial charge in [0.1, 0.15) is 0 Å². The summed E-state index contributed by atoms with van der Waals surface area (Å²) in [5.74, 6) is -0.941. The van der Waals surface area contributed by atoms with Gasteiger partial charge in [0.25, 0.3) is 0 Å². The van der Waals surface area contributed by atoms with Crippen molar-refractivity contribution >= 4 is 17.3 Å². The number of aromatic nitrogens is 1. The van der Waals surface area contributed by atoms with E-state index >= 15 is 0 Å². The molecule has 4 heteroatoms. The summed E-state index contributed by atoms with van der Waals surface area (Å²) in [6, 6.07) is 5.10. The molecule has 2 rings (SSSR count). The van der Waals surface area contributed by atoms with Crippen LogP contribution in [0.5, 0.6) is 0 Å². The predicted octanol–water partition coefficient (Wildman–Crippen LogP) is 2.82. The van der Waals surface area contributed by atoms with E-state index < -0.39 is 5.97 Å². The fourth-order valence-corrected chi connectivity index (χ4v) is 2.12. The van der Waals surface area contributed by atoms with Crippen molar-refractivity contribution in [2.24, 2.45) is 0 Å². The van der Waals surface area contributed by atoms with Gasteiger partial charge in [-0.1, -0.05) is 0 Å². The molecular formula is C11H9NO2S. The van der Waals surface area contributed by atoms with Gasteiger partial charge in [-0.25, -0.2) is 4.79 Å². The zero-order chi connectivity index (χ0) is 10.8. The lowest BCUT2D eigenvalue weighted by Gasteiger charge is -2.03. The van der Waals surface area contributed by atoms with Crippen molar-refractivity contribution in [3.63, 3.8) is 0 Å². The molecule has 15 heavy (non-hydrogen) atoms. The highest BCUT2D eigenvalue weighted by molar-refractivity contribution is 7.10. The van der Waals surface area contributed by atoms with Crippen LogP contribution in [0.25, 0.3) is 11.3 Å². The normalized spacial score (nSPS) is 10.2. The summed E-state index contributed by atoms with van der Waals surface area (Å²) in [6.07, 6.45) is 1.61. The molecule has 1 N–H and O–H groups in total. The minimum Gasteiger partial charge on any atom is -0.478 e. The van der Waals surface area contributed by atoms with Crippen molar-refractivity contribution in [2.45, 2.75) is 6.92 Å². The number of nitrogens with zero attached hydrogens (tertiary/aromatic N) is 1. The first kappa shape index (κ1) is 9.86. The first-order valence-corrected chi connectivity index (χ1v) is 5.31. The number of carboxylic acids is 1. The number of aryl methyl sites for hydroxylation is 1. The monoisotopic (exact) mass is 219 g/mol. The second-order valence-corrected chi connectivity index (χ2v) is 4.22. The van der Waals surface area contributed by atoms with Crippen LogP contribution in [0.1, 0.15) is 15.2 Å². The van der Waals surface area contributed by atoms with E-state index in [4.69, 9.17) is 5.11 Å². The zero-order valence-corrected chi connectivity index (χ0v) is 8.91. The Balaban J connectivity index is 2.63. The number of rotatable bonds is 2. The number of hydrogen-bond donors (Lipinski definition) is 1. The highest BCUT2D eigenvalue weighted by Gasteiger charge is 2.14. The van der Waals surface area contributed by atoms with E-state index in [0.29, 0.717) is 5.69 Å². The van der Waals surface area contributed by atoms with Crippen molar-refractivity contribution in [3.05, 3.63) is 40.2 Å². The number of thiophene rings is 1. The minimum absolute atomic E-state index is 0.249. The molecule has 0 atom stereocenters. The Kier molecular flexibility index (Phi) is 2.51. The van der Waals surface area contributed by atoms with Crippen molar-refractivity contribution in [2.75, 3.05) is 0 Å². The molecule has 0 saturated carbocycles. The molecular weight excluding hydrogens is 210 g/mol. The molecule has 76 valence electrons. The van der Waals surface area contributed by atoms with Crippen molar-refractivity contribution < 1.29 is 9.90 Å². The lowest BCUT2D eigenvalue weighted by Crippen LogP contribution is -2.00. The second-order valence-electron chi connectivity index (χ2n) is 3.10. The number of carboxylic acid groups (broad SMARTS) is 1. The SMILES string of the molecule is Cc1sccc1-c1ncccc1C(=O)O. The highest BCUT2D eigenvalue weighted by atomic mass is 32.1. The molecule has 0 amide bonds. The molecule has 0 unspecified atom stereocenters. The molecule has 3 nitrogen and oxygen atoms in total. The number of pyridine rings is 1. The second kappa shape index (κ2) is 3.82. The molecule has 0 bridgehead atoms. The highest BCUT2D eigenvalue weighted by Crippen LogP contribution is 2.28. The maximum Gasteiger partial charge on any atom is 0.337 e. The summed E-state index contributed by atoms with van der Waals surface area (Å²) in [5.41, 5.74) is 1.70. The third kappa shape index (κ3) is 1.76. The standard InChI is InChI=1S/C11H9NO2S/c1-7-8(4-6-15-7)10-9(11(13)14)3-2-5-12-10/h2-6H,1H3,(H,13,14). The maximum absolute atomic E-state index is 11.0. The van der Waals surface area contributed by atoms with Crippen LogP contribution in [0.4, 0.5) is 0 Å². The molecule has 2 aromatic rings. The van der Waals surface area contributed by atoms with Crippen LogP contribution in [0.15, 0.2) is 29.8 Å². The number of hydrogen-bond acceptors (Lipinski definition) is 3. The zero-order valence-electron chi connectivity index (χ0n) is 8.10. The average molecular weight is 219 g/mol. The van der Waals surface area contributed by atoms with Gasteiger partial charge in [-0.05, 0) is 30.5 Å². The number of carbonyl (C=O) groups is 1. The summed E-state index contributed by atoms with van der Waals surface area (Å²) in [7, 11) is 0. The summed E-state index contributed by atoms with van der Waals surface area (Å²) in [4.78, 5) is 16.2. The van der Waals surface area contributed by atoms with Gasteiger partial charge in [-0.2, -0.15) is 0 Å². The van der Waals surface area contributed by atoms with E-state index in [-0.39, 0.29) is 5.56 Å². The van der Waals surface area contributed by atoms with Gasteiger partial charge in [0.2, 0.25) is 0 Å². The molecule has 0 fully saturated rings. The van der Waals surface area contributed by atoms with Gasteiger partial charge in [0.05, 0.1) is 11.3 Å². The van der Waals surface area contributed by atoms with Gasteiger partial charge >= 0.3 is 5.97 Å². The Morgan fingerprint density at radius 1 is 1.47 bits per heavy atom. The third-order valence-corrected chi connectivity index (χ3v) is 3.00. The van der Waals surface area contributed by atoms with Crippen molar-refractivity contribution in [1.82, 2.24) is 4.98 Å². The Labute approximate surface area is 91.0 Å². The van der Waals surface area contributed by atoms with Crippen LogP contribution < -0.4 is 0 Å². The maximum atomic E-state index is 11.0. The van der Waals surface area contributed by atoms with Crippen molar-refractivity contribution in [1.29, 1.82) is 0 Å². The summed E-state index contributed by atoms with van der Waals surface area (Å²) in [5, 5.41) is 11.0. The lowest BCUT2D eigenvalue weighted by molar-refractivity contribution is 0.0697. The quantitative estimate of drug-likeness (QED) is 0.844. The van der Waals surface area contributed by atoms with Gasteiger partial charge < -0.3 is 5.11 Å². The average Bonchev–Trinajstić information content (AvgIpc) is 2.64. The van der Waals surface area contributed by atoms with Gasteiger partial charge in [0.15, 0.2) is 0 Å². The van der Waals surface area contributed by atoms with Crippen LogP contribution in [-0.2, 0) is 0 Å². The molecule has 2 aromatic heterocycles. The third-order valence-electron chi connectivity index (χ3n) is 2.15. The molecule has 0 saturated heterocycles. The van der Waals surface area contributed by atoms with Crippen LogP contribution in [0.2, 0.25) is 0 Å². The number of aromatic carboxylic acids is 1. The topological polar surface area (TPSA) is 50.2 Å². The van der Waals surface area contributed by atoms with Crippen LogP contribution in [0.3, 0.4) is 0 Å². The Morgan fingerprint density at radius 3 is 2.87 bits per heavy atom. The first-order chi connectivity index (χ1) is 7.20. The molecule has 0 aliphatic rings. The molecule has 0 radical (unpaired) electrons. The summed E-state index contributed by atoms with van der Waals surface area (Å²) in [6.45, 7) is 1.96. The van der Waals surface area contributed by atoms with Gasteiger partial charge in [-0.15, -0.1) is 11.3 Å². The van der Waals surface area contributed by atoms with E-state index in [1.807, 2.05) is 18.4 Å². The Morgan fingerprint density at radius 2 is 2.27 bits per heavy atom. The lowest BCUT2D eigenvalue weighted by atomic mass is 10.1. The molecule has 2 heterocycles. The molecule has 0 aliphatic carbocycles. The summed E-state index contributed by atoms with van der Waals surface area (Å²) >= 11 is 1.59. The Bertz CT molecular complexity index is 505. The fourth-order valence-electron chi connectivity index (χ4n) is 1.42. The first-order valence-electron chi connectivity index (χ1n) is 4.43. The molecule has 0 spiro atoms. The minimum atomic E-state index is -0.941. The summed E-state index contributed by atoms with van der Waals surface area (Å²) < 4.78 is 0. The van der Waals surface area contributed by atoms with E-state index in [1.54, 1.807) is 29.7 Å². The van der Waals surface area contributed by atoms with Crippen molar-refractivity contribution in [3.8, 4) is 11.3 Å². The van der Waals surface area contributed by atoms with E-state index in [9.17, 15) is 4.79 Å². The van der Waals surface area contributed by atoms with Crippen LogP contribution in [0, 0.1) is 6.92 Å². The van der Waals surface area contributed by atoms with E-state index in [0.717, 1.165) is 10.4 Å². The van der Waals surface area contributed by atoms with Gasteiger partial charge in [-0.3, -0.25) is 4.98 Å². The fraction of sp³-hybridized carbons (Fsp3) is 0.0909. The van der Waals surface area contributed by atoms with Crippen LogP contribution in [-0.4, -0.2) is 16.1 Å². The van der Waals surface area contributed by atoms with E-state index in [2.05, 4.69) is 4.98 Å². The van der Waals surface area contributed by atoms with Crippen LogP contribution >= 0.6 is 11.3 Å².